The third kappa shape index (κ3) is 33.9. The summed E-state index contributed by atoms with van der Waals surface area (Å²) in [5.74, 6) is -0.763. The first-order valence-electron chi connectivity index (χ1n) is 22.4. The van der Waals surface area contributed by atoms with Crippen molar-refractivity contribution in [1.82, 2.24) is 4.90 Å². The highest BCUT2D eigenvalue weighted by Gasteiger charge is 2.16. The second kappa shape index (κ2) is 38.8. The molecule has 0 aliphatic heterocycles. The van der Waals surface area contributed by atoms with Crippen molar-refractivity contribution >= 4 is 11.9 Å². The number of esters is 1. The number of carbonyl (C=O) groups excluding carboxylic acids is 1. The molecule has 0 amide bonds. The second-order valence-electron chi connectivity index (χ2n) is 15.7. The van der Waals surface area contributed by atoms with Crippen LogP contribution in [0.25, 0.3) is 0 Å². The number of hydrogen-bond donors (Lipinski definition) is 1. The maximum absolute atomic E-state index is 12.7. The molecule has 0 bridgehead atoms. The zero-order valence-electron chi connectivity index (χ0n) is 35.3. The zero-order valence-corrected chi connectivity index (χ0v) is 35.3. The van der Waals surface area contributed by atoms with Crippen LogP contribution in [0.5, 0.6) is 0 Å². The molecule has 0 spiro atoms. The van der Waals surface area contributed by atoms with Crippen molar-refractivity contribution in [3.8, 4) is 0 Å². The monoisotopic (exact) mass is 730 g/mol. The van der Waals surface area contributed by atoms with Crippen molar-refractivity contribution in [3.05, 3.63) is 35.5 Å². The van der Waals surface area contributed by atoms with E-state index in [9.17, 15) is 14.7 Å². The molecule has 1 atom stereocenters. The quantitative estimate of drug-likeness (QED) is 0.0295. The third-order valence-corrected chi connectivity index (χ3v) is 10.3. The number of unbranched alkanes of at least 4 members (excludes halogenated alkanes) is 19. The van der Waals surface area contributed by atoms with Crippen LogP contribution in [0, 0.1) is 0 Å². The number of nitrogens with zero attached hydrogens (tertiary/aromatic N) is 1. The summed E-state index contributed by atoms with van der Waals surface area (Å²) in [6.45, 7) is 7.57. The van der Waals surface area contributed by atoms with E-state index < -0.39 is 5.97 Å². The summed E-state index contributed by atoms with van der Waals surface area (Å²) in [7, 11) is 4.08. The van der Waals surface area contributed by atoms with Gasteiger partial charge in [-0.2, -0.15) is 0 Å². The molecule has 0 fully saturated rings. The zero-order chi connectivity index (χ0) is 38.3. The fourth-order valence-corrected chi connectivity index (χ4v) is 7.07. The molecule has 0 aliphatic rings. The third-order valence-electron chi connectivity index (χ3n) is 10.3. The lowest BCUT2D eigenvalue weighted by molar-refractivity contribution is -0.150. The molecule has 52 heavy (non-hydrogen) atoms. The molecule has 0 heterocycles. The highest BCUT2D eigenvalue weighted by atomic mass is 16.5. The molecule has 1 N–H and O–H groups in total. The number of hydrogen-bond acceptors (Lipinski definition) is 4. The molecule has 5 nitrogen and oxygen atoms in total. The summed E-state index contributed by atoms with van der Waals surface area (Å²) in [6.07, 6.45) is 45.1. The maximum atomic E-state index is 12.7. The lowest BCUT2D eigenvalue weighted by Crippen LogP contribution is -2.20. The molecule has 0 radical (unpaired) electrons. The Morgan fingerprint density at radius 1 is 0.538 bits per heavy atom. The van der Waals surface area contributed by atoms with Crippen molar-refractivity contribution in [2.45, 2.75) is 232 Å². The van der Waals surface area contributed by atoms with Crippen LogP contribution in [0.4, 0.5) is 0 Å². The van der Waals surface area contributed by atoms with E-state index in [2.05, 4.69) is 50.0 Å². The van der Waals surface area contributed by atoms with Crippen LogP contribution in [-0.2, 0) is 14.3 Å². The van der Waals surface area contributed by atoms with Crippen molar-refractivity contribution in [2.24, 2.45) is 0 Å². The Bertz CT molecular complexity index is 905. The molecule has 1 unspecified atom stereocenters. The molecule has 0 aromatic carbocycles. The smallest absolute Gasteiger partial charge is 0.331 e. The molecule has 5 heteroatoms. The van der Waals surface area contributed by atoms with Gasteiger partial charge in [0.2, 0.25) is 0 Å². The average molecular weight is 730 g/mol. The molecule has 0 rings (SSSR count). The van der Waals surface area contributed by atoms with E-state index in [0.29, 0.717) is 18.4 Å². The van der Waals surface area contributed by atoms with Crippen LogP contribution in [0.15, 0.2) is 35.5 Å². The van der Waals surface area contributed by atoms with Crippen molar-refractivity contribution in [1.29, 1.82) is 0 Å². The van der Waals surface area contributed by atoms with E-state index in [1.54, 1.807) is 0 Å². The Labute approximate surface area is 323 Å². The predicted octanol–water partition coefficient (Wildman–Crippen LogP) is 14.5. The molecular formula is C47H87NO4. The van der Waals surface area contributed by atoms with Crippen LogP contribution >= 0.6 is 0 Å². The van der Waals surface area contributed by atoms with Gasteiger partial charge in [-0.05, 0) is 117 Å². The van der Waals surface area contributed by atoms with Crippen LogP contribution in [0.1, 0.15) is 226 Å². The number of carboxylic acids is 1. The minimum absolute atomic E-state index is 0.00923. The van der Waals surface area contributed by atoms with Gasteiger partial charge in [0.05, 0.1) is 0 Å². The SMILES string of the molecule is CCCCC/C=C\C/C=C\CCCCCCCCC(CCCCCC/C(C(=O)O)=C(/CCC)CCCCCCCCCC)OC(=O)CCCN(C)C. The van der Waals surface area contributed by atoms with Gasteiger partial charge in [0.15, 0.2) is 0 Å². The standard InChI is InChI=1S/C47H87NO4/c1-6-9-11-13-15-17-18-19-20-21-22-23-24-26-28-32-38-44(52-46(49)41-35-42-48(4)5)39-33-29-30-34-40-45(47(50)51)43(36-8-3)37-31-27-25-16-14-12-10-7-2/h15,17,19-20,44H,6-14,16,18,21-42H2,1-5H3,(H,50,51)/b17-15-,20-19-,45-43+. The summed E-state index contributed by atoms with van der Waals surface area (Å²) < 4.78 is 6.02. The minimum atomic E-state index is -0.711. The lowest BCUT2D eigenvalue weighted by Gasteiger charge is -2.19. The van der Waals surface area contributed by atoms with Crippen molar-refractivity contribution in [3.63, 3.8) is 0 Å². The molecular weight excluding hydrogens is 643 g/mol. The van der Waals surface area contributed by atoms with Gasteiger partial charge in [-0.15, -0.1) is 0 Å². The van der Waals surface area contributed by atoms with E-state index in [0.717, 1.165) is 90.0 Å². The van der Waals surface area contributed by atoms with Gasteiger partial charge in [-0.25, -0.2) is 4.79 Å². The van der Waals surface area contributed by atoms with Gasteiger partial charge >= 0.3 is 11.9 Å². The van der Waals surface area contributed by atoms with Gasteiger partial charge in [0.1, 0.15) is 6.10 Å². The molecule has 304 valence electrons. The minimum Gasteiger partial charge on any atom is -0.478 e. The Balaban J connectivity index is 4.55. The first kappa shape index (κ1) is 50.1. The van der Waals surface area contributed by atoms with E-state index in [1.165, 1.54) is 115 Å². The predicted molar refractivity (Wildman–Crippen MR) is 226 cm³/mol. The first-order chi connectivity index (χ1) is 25.3. The van der Waals surface area contributed by atoms with Crippen molar-refractivity contribution in [2.75, 3.05) is 20.6 Å². The summed E-state index contributed by atoms with van der Waals surface area (Å²) in [5.41, 5.74) is 1.88. The van der Waals surface area contributed by atoms with E-state index in [4.69, 9.17) is 4.74 Å². The number of carbonyl (C=O) groups is 2. The second-order valence-corrected chi connectivity index (χ2v) is 15.7. The topological polar surface area (TPSA) is 66.8 Å². The van der Waals surface area contributed by atoms with Crippen LogP contribution in [0.2, 0.25) is 0 Å². The van der Waals surface area contributed by atoms with Gasteiger partial charge in [0.25, 0.3) is 0 Å². The Morgan fingerprint density at radius 3 is 1.56 bits per heavy atom. The molecule has 0 aromatic rings. The maximum Gasteiger partial charge on any atom is 0.331 e. The van der Waals surface area contributed by atoms with Crippen LogP contribution in [-0.4, -0.2) is 48.7 Å². The number of aliphatic carboxylic acids is 1. The average Bonchev–Trinajstić information content (AvgIpc) is 3.11. The number of allylic oxidation sites excluding steroid dienone is 5. The molecule has 0 aromatic heterocycles. The largest absolute Gasteiger partial charge is 0.478 e. The van der Waals surface area contributed by atoms with E-state index >= 15 is 0 Å². The molecule has 0 saturated heterocycles. The summed E-state index contributed by atoms with van der Waals surface area (Å²) in [4.78, 5) is 27.0. The first-order valence-corrected chi connectivity index (χ1v) is 22.4. The number of carboxylic acid groups (broad SMARTS) is 1. The van der Waals surface area contributed by atoms with Crippen LogP contribution < -0.4 is 0 Å². The fraction of sp³-hybridized carbons (Fsp3) is 0.830. The van der Waals surface area contributed by atoms with E-state index in [1.807, 2.05) is 14.1 Å². The molecule has 0 saturated carbocycles. The highest BCUT2D eigenvalue weighted by Crippen LogP contribution is 2.25. The van der Waals surface area contributed by atoms with E-state index in [-0.39, 0.29) is 12.1 Å². The van der Waals surface area contributed by atoms with Crippen LogP contribution in [0.3, 0.4) is 0 Å². The van der Waals surface area contributed by atoms with Gasteiger partial charge in [-0.1, -0.05) is 153 Å². The highest BCUT2D eigenvalue weighted by molar-refractivity contribution is 5.87. The number of rotatable bonds is 39. The fourth-order valence-electron chi connectivity index (χ4n) is 7.07. The Morgan fingerprint density at radius 2 is 1.02 bits per heavy atom. The van der Waals surface area contributed by atoms with Gasteiger partial charge in [0, 0.05) is 12.0 Å². The summed E-state index contributed by atoms with van der Waals surface area (Å²) in [6, 6.07) is 0. The van der Waals surface area contributed by atoms with Crippen molar-refractivity contribution < 1.29 is 19.4 Å². The summed E-state index contributed by atoms with van der Waals surface area (Å²) in [5, 5.41) is 10.1. The molecule has 0 aliphatic carbocycles. The lowest BCUT2D eigenvalue weighted by atomic mass is 9.93. The summed E-state index contributed by atoms with van der Waals surface area (Å²) >= 11 is 0. The number of ether oxygens (including phenoxy) is 1. The Hall–Kier alpha value is -1.88. The van der Waals surface area contributed by atoms with Gasteiger partial charge in [-0.3, -0.25) is 4.79 Å². The van der Waals surface area contributed by atoms with Gasteiger partial charge < -0.3 is 14.7 Å². The Kier molecular flexibility index (Phi) is 37.4. The normalized spacial score (nSPS) is 13.0.